The van der Waals surface area contributed by atoms with Crippen molar-refractivity contribution >= 4 is 17.5 Å². The first-order valence-corrected chi connectivity index (χ1v) is 15.0. The van der Waals surface area contributed by atoms with Crippen LogP contribution in [0.25, 0.3) is 0 Å². The lowest BCUT2D eigenvalue weighted by Crippen LogP contribution is -2.19. The number of hydrogen-bond acceptors (Lipinski definition) is 6. The summed E-state index contributed by atoms with van der Waals surface area (Å²) in [6.07, 6.45) is 12.0. The fraction of sp³-hybridized carbons (Fsp3) is 0.515. The lowest BCUT2D eigenvalue weighted by molar-refractivity contribution is 0.373. The Kier molecular flexibility index (Phi) is 18.9. The highest BCUT2D eigenvalue weighted by Gasteiger charge is 2.14. The Bertz CT molecular complexity index is 984. The molecule has 0 saturated heterocycles. The smallest absolute Gasteiger partial charge is 0.225 e. The molecule has 2 aromatic carbocycles. The Morgan fingerprint density at radius 3 is 2.13 bits per heavy atom. The molecule has 39 heavy (non-hydrogen) atoms. The van der Waals surface area contributed by atoms with Gasteiger partial charge in [0.1, 0.15) is 0 Å². The molecule has 1 heterocycles. The van der Waals surface area contributed by atoms with Crippen molar-refractivity contribution in [2.24, 2.45) is 11.7 Å². The first-order chi connectivity index (χ1) is 19.1. The van der Waals surface area contributed by atoms with Crippen LogP contribution in [0.3, 0.4) is 0 Å². The van der Waals surface area contributed by atoms with Gasteiger partial charge in [-0.15, -0.1) is 0 Å². The standard InChI is InChI=1S/C19H27N5.C8H11N.C4H10.C2H6/c1-14-7-5-6-10-16(14)12-22-19-23-13-17(20)18(24-19)21-11-15-8-3-2-4-9-15;9-7-6-8-4-2-1-3-5-8;1-3-4-2;1-2/h5-7,10,13,15H,2-4,8-9,11-12,20H2,1H3,(H2,21,22,23,24);1-5H,6-7,9H2;3-4H2,1-2H3;1-2H3. The highest BCUT2D eigenvalue weighted by atomic mass is 15.1. The zero-order valence-electron chi connectivity index (χ0n) is 25.2. The number of unbranched alkanes of at least 4 members (excludes halogenated alkanes) is 1. The molecule has 216 valence electrons. The Morgan fingerprint density at radius 2 is 1.51 bits per heavy atom. The zero-order chi connectivity index (χ0) is 28.7. The molecule has 0 spiro atoms. The topological polar surface area (TPSA) is 102 Å². The second-order valence-corrected chi connectivity index (χ2v) is 9.69. The van der Waals surface area contributed by atoms with E-state index in [1.54, 1.807) is 6.20 Å². The van der Waals surface area contributed by atoms with Crippen LogP contribution in [0.15, 0.2) is 60.8 Å². The third-order valence-electron chi connectivity index (χ3n) is 6.57. The number of benzene rings is 2. The lowest BCUT2D eigenvalue weighted by Gasteiger charge is -2.22. The van der Waals surface area contributed by atoms with E-state index in [9.17, 15) is 0 Å². The number of nitrogens with zero attached hydrogens (tertiary/aromatic N) is 2. The van der Waals surface area contributed by atoms with Gasteiger partial charge in [0.2, 0.25) is 5.95 Å². The summed E-state index contributed by atoms with van der Waals surface area (Å²) in [6.45, 7) is 12.9. The molecule has 3 aromatic rings. The molecule has 1 saturated carbocycles. The molecule has 1 aromatic heterocycles. The van der Waals surface area contributed by atoms with Crippen LogP contribution >= 0.6 is 0 Å². The lowest BCUT2D eigenvalue weighted by atomic mass is 9.89. The molecule has 0 atom stereocenters. The minimum absolute atomic E-state index is 0.604. The summed E-state index contributed by atoms with van der Waals surface area (Å²) < 4.78 is 0. The Hall–Kier alpha value is -3.12. The Labute approximate surface area is 238 Å². The van der Waals surface area contributed by atoms with Crippen molar-refractivity contribution < 1.29 is 0 Å². The van der Waals surface area contributed by atoms with E-state index < -0.39 is 0 Å². The van der Waals surface area contributed by atoms with Gasteiger partial charge >= 0.3 is 0 Å². The third kappa shape index (κ3) is 14.6. The molecule has 0 radical (unpaired) electrons. The summed E-state index contributed by atoms with van der Waals surface area (Å²) in [4.78, 5) is 8.83. The zero-order valence-corrected chi connectivity index (χ0v) is 25.2. The molecular formula is C33H54N6. The van der Waals surface area contributed by atoms with E-state index in [0.717, 1.165) is 31.2 Å². The highest BCUT2D eigenvalue weighted by molar-refractivity contribution is 5.61. The molecular weight excluding hydrogens is 480 g/mol. The fourth-order valence-electron chi connectivity index (χ4n) is 4.04. The SMILES string of the molecule is CC.CCCC.Cc1ccccc1CNc1ncc(N)c(NCC2CCCCC2)n1.NCCc1ccccc1. The number of hydrogen-bond donors (Lipinski definition) is 4. The van der Waals surface area contributed by atoms with Gasteiger partial charge in [-0.3, -0.25) is 0 Å². The summed E-state index contributed by atoms with van der Waals surface area (Å²) >= 11 is 0. The molecule has 6 nitrogen and oxygen atoms in total. The van der Waals surface area contributed by atoms with E-state index in [0.29, 0.717) is 18.2 Å². The third-order valence-corrected chi connectivity index (χ3v) is 6.57. The molecule has 1 aliphatic rings. The normalized spacial score (nSPS) is 12.5. The maximum absolute atomic E-state index is 6.02. The Morgan fingerprint density at radius 1 is 0.872 bits per heavy atom. The van der Waals surface area contributed by atoms with Crippen molar-refractivity contribution in [3.8, 4) is 0 Å². The summed E-state index contributed by atoms with van der Waals surface area (Å²) in [5.41, 5.74) is 15.8. The Balaban J connectivity index is 0.000000418. The van der Waals surface area contributed by atoms with Crippen molar-refractivity contribution in [3.63, 3.8) is 0 Å². The summed E-state index contributed by atoms with van der Waals surface area (Å²) in [7, 11) is 0. The molecule has 1 aliphatic carbocycles. The quantitative estimate of drug-likeness (QED) is 0.222. The van der Waals surface area contributed by atoms with Crippen LogP contribution < -0.4 is 22.1 Å². The van der Waals surface area contributed by atoms with Crippen molar-refractivity contribution in [1.29, 1.82) is 0 Å². The van der Waals surface area contributed by atoms with Gasteiger partial charge in [0, 0.05) is 13.1 Å². The van der Waals surface area contributed by atoms with Crippen LogP contribution in [-0.4, -0.2) is 23.1 Å². The van der Waals surface area contributed by atoms with Crippen LogP contribution in [0.5, 0.6) is 0 Å². The van der Waals surface area contributed by atoms with Crippen LogP contribution in [0.2, 0.25) is 0 Å². The van der Waals surface area contributed by atoms with Crippen molar-refractivity contribution in [3.05, 3.63) is 77.5 Å². The van der Waals surface area contributed by atoms with E-state index in [2.05, 4.69) is 65.6 Å². The van der Waals surface area contributed by atoms with Crippen molar-refractivity contribution in [2.45, 2.75) is 92.5 Å². The number of nitrogens with one attached hydrogen (secondary N) is 2. The molecule has 0 unspecified atom stereocenters. The summed E-state index contributed by atoms with van der Waals surface area (Å²) in [5.74, 6) is 2.08. The second kappa shape index (κ2) is 21.8. The first-order valence-electron chi connectivity index (χ1n) is 15.0. The van der Waals surface area contributed by atoms with Crippen LogP contribution in [-0.2, 0) is 13.0 Å². The van der Waals surface area contributed by atoms with Gasteiger partial charge in [0.25, 0.3) is 0 Å². The van der Waals surface area contributed by atoms with E-state index in [1.807, 2.05) is 44.2 Å². The average molecular weight is 535 g/mol. The fourth-order valence-corrected chi connectivity index (χ4v) is 4.04. The monoisotopic (exact) mass is 534 g/mol. The predicted octanol–water partition coefficient (Wildman–Crippen LogP) is 7.99. The van der Waals surface area contributed by atoms with E-state index in [1.165, 1.54) is 61.6 Å². The molecule has 1 fully saturated rings. The van der Waals surface area contributed by atoms with Crippen LogP contribution in [0.4, 0.5) is 17.5 Å². The summed E-state index contributed by atoms with van der Waals surface area (Å²) in [5, 5.41) is 6.71. The number of anilines is 3. The average Bonchev–Trinajstić information content (AvgIpc) is 2.99. The molecule has 0 aliphatic heterocycles. The molecule has 0 amide bonds. The van der Waals surface area contributed by atoms with Crippen LogP contribution in [0, 0.1) is 12.8 Å². The number of aromatic nitrogens is 2. The molecule has 0 bridgehead atoms. The van der Waals surface area contributed by atoms with Gasteiger partial charge in [-0.05, 0) is 55.3 Å². The van der Waals surface area contributed by atoms with Gasteiger partial charge in [0.15, 0.2) is 5.82 Å². The maximum atomic E-state index is 6.02. The van der Waals surface area contributed by atoms with Gasteiger partial charge in [0.05, 0.1) is 11.9 Å². The largest absolute Gasteiger partial charge is 0.394 e. The van der Waals surface area contributed by atoms with E-state index in [-0.39, 0.29) is 0 Å². The number of nitrogens with two attached hydrogens (primary N) is 2. The molecule has 6 heteroatoms. The summed E-state index contributed by atoms with van der Waals surface area (Å²) in [6, 6.07) is 18.6. The van der Waals surface area contributed by atoms with Gasteiger partial charge < -0.3 is 22.1 Å². The van der Waals surface area contributed by atoms with E-state index >= 15 is 0 Å². The van der Waals surface area contributed by atoms with Gasteiger partial charge in [-0.25, -0.2) is 4.98 Å². The van der Waals surface area contributed by atoms with Gasteiger partial charge in [-0.1, -0.05) is 114 Å². The predicted molar refractivity (Wildman–Crippen MR) is 171 cm³/mol. The first kappa shape index (κ1) is 33.9. The maximum Gasteiger partial charge on any atom is 0.225 e. The van der Waals surface area contributed by atoms with E-state index in [4.69, 9.17) is 11.5 Å². The minimum atomic E-state index is 0.604. The van der Waals surface area contributed by atoms with Gasteiger partial charge in [-0.2, -0.15) is 4.98 Å². The molecule has 4 rings (SSSR count). The van der Waals surface area contributed by atoms with Crippen molar-refractivity contribution in [1.82, 2.24) is 9.97 Å². The second-order valence-electron chi connectivity index (χ2n) is 9.69. The highest BCUT2D eigenvalue weighted by Crippen LogP contribution is 2.25. The minimum Gasteiger partial charge on any atom is -0.394 e. The number of rotatable bonds is 9. The number of aryl methyl sites for hydroxylation is 1. The number of nitrogen functional groups attached to an aromatic ring is 1. The van der Waals surface area contributed by atoms with Crippen molar-refractivity contribution in [2.75, 3.05) is 29.5 Å². The van der Waals surface area contributed by atoms with Crippen LogP contribution in [0.1, 0.15) is 89.3 Å². The molecule has 6 N–H and O–H groups in total.